The highest BCUT2D eigenvalue weighted by Gasteiger charge is 2.54. The van der Waals surface area contributed by atoms with Gasteiger partial charge in [0.05, 0.1) is 14.1 Å². The molecule has 31 heavy (non-hydrogen) atoms. The molecule has 0 bridgehead atoms. The van der Waals surface area contributed by atoms with Crippen molar-refractivity contribution >= 4 is 17.9 Å². The van der Waals surface area contributed by atoms with E-state index in [9.17, 15) is 19.5 Å². The molecule has 178 valence electrons. The van der Waals surface area contributed by atoms with Gasteiger partial charge in [0.15, 0.2) is 30.9 Å². The van der Waals surface area contributed by atoms with Crippen LogP contribution in [0.5, 0.6) is 0 Å². The van der Waals surface area contributed by atoms with Crippen LogP contribution in [-0.2, 0) is 52.3 Å². The maximum absolute atomic E-state index is 11.8. The largest absolute Gasteiger partial charge is 0.456 e. The summed E-state index contributed by atoms with van der Waals surface area (Å²) in [6.45, 7) is 4.15. The Kier molecular flexibility index (Phi) is 8.58. The van der Waals surface area contributed by atoms with Gasteiger partial charge >= 0.3 is 17.9 Å². The number of hydrogen-bond acceptors (Lipinski definition) is 12. The number of carbonyl (C=O) groups excluding carboxylic acids is 3. The van der Waals surface area contributed by atoms with E-state index in [2.05, 4.69) is 0 Å². The van der Waals surface area contributed by atoms with Crippen molar-refractivity contribution in [3.8, 4) is 0 Å². The average Bonchev–Trinajstić information content (AvgIpc) is 3.03. The lowest BCUT2D eigenvalue weighted by Gasteiger charge is -2.44. The number of ether oxygens (including phenoxy) is 8. The molecule has 0 radical (unpaired) electrons. The van der Waals surface area contributed by atoms with Crippen molar-refractivity contribution in [2.45, 2.75) is 83.0 Å². The molecule has 2 saturated heterocycles. The monoisotopic (exact) mass is 451 g/mol. The zero-order chi connectivity index (χ0) is 24.2. The second kappa shape index (κ2) is 11.2. The van der Waals surface area contributed by atoms with Crippen LogP contribution >= 0.6 is 0 Å². The van der Waals surface area contributed by atoms with E-state index < -0.39 is 79.8 Å². The first-order valence-corrected chi connectivity index (χ1v) is 9.62. The van der Waals surface area contributed by atoms with Gasteiger partial charge in [-0.25, -0.2) is 0 Å². The molecule has 0 aromatic heterocycles. The Bertz CT molecular complexity index is 685. The minimum absolute atomic E-state index is 0.461. The van der Waals surface area contributed by atoms with Crippen molar-refractivity contribution in [2.24, 2.45) is 0 Å². The highest BCUT2D eigenvalue weighted by Crippen LogP contribution is 2.34. The molecule has 2 fully saturated rings. The van der Waals surface area contributed by atoms with E-state index in [0.717, 1.165) is 20.8 Å². The van der Waals surface area contributed by atoms with Crippen LogP contribution < -0.4 is 0 Å². The molecule has 12 nitrogen and oxygen atoms in total. The Hall–Kier alpha value is -1.83. The molecular weight excluding hydrogens is 420 g/mol. The third-order valence-corrected chi connectivity index (χ3v) is 4.73. The smallest absolute Gasteiger partial charge is 0.303 e. The summed E-state index contributed by atoms with van der Waals surface area (Å²) in [7, 11) is 2.77. The predicted molar refractivity (Wildman–Crippen MR) is 99.4 cm³/mol. The summed E-state index contributed by atoms with van der Waals surface area (Å²) >= 11 is 0. The fourth-order valence-corrected chi connectivity index (χ4v) is 3.54. The summed E-state index contributed by atoms with van der Waals surface area (Å²) in [4.78, 5) is 35.2. The van der Waals surface area contributed by atoms with E-state index >= 15 is 0 Å². The number of rotatable bonds is 8. The van der Waals surface area contributed by atoms with Gasteiger partial charge in [0.25, 0.3) is 0 Å². The van der Waals surface area contributed by atoms with E-state index in [1.54, 1.807) is 0 Å². The van der Waals surface area contributed by atoms with Crippen molar-refractivity contribution < 1.29 is 58.8 Å². The lowest BCUT2D eigenvalue weighted by molar-refractivity contribution is -0.317. The molecule has 0 spiro atoms. The van der Waals surface area contributed by atoms with Crippen molar-refractivity contribution in [2.75, 3.05) is 20.8 Å². The molecule has 12 heteroatoms. The zero-order valence-corrected chi connectivity index (χ0v) is 18.3. The molecule has 2 rings (SSSR count). The van der Waals surface area contributed by atoms with Crippen LogP contribution in [0.2, 0.25) is 0 Å². The van der Waals surface area contributed by atoms with Gasteiger partial charge in [-0.3, -0.25) is 14.4 Å². The van der Waals surface area contributed by atoms with Gasteiger partial charge < -0.3 is 43.0 Å². The lowest BCUT2D eigenvalue weighted by atomic mass is 9.98. The number of hydrogen-bond donors (Lipinski definition) is 1. The second-order valence-corrected chi connectivity index (χ2v) is 7.04. The number of methoxy groups -OCH3 is 2. The molecule has 0 aromatic carbocycles. The first-order valence-electron chi connectivity index (χ1n) is 10.1. The normalized spacial score (nSPS) is 40.7. The molecule has 2 aliphatic rings. The average molecular weight is 451 g/mol. The number of aliphatic hydroxyl groups is 1. The molecule has 0 saturated carbocycles. The summed E-state index contributed by atoms with van der Waals surface area (Å²) in [5.74, 6) is -2.30. The maximum atomic E-state index is 11.8. The Morgan fingerprint density at radius 2 is 1.35 bits per heavy atom. The third-order valence-electron chi connectivity index (χ3n) is 4.73. The summed E-state index contributed by atoms with van der Waals surface area (Å²) < 4.78 is 52.1. The van der Waals surface area contributed by atoms with Crippen molar-refractivity contribution in [1.29, 1.82) is 0 Å². The van der Waals surface area contributed by atoms with Gasteiger partial charge in [0, 0.05) is 35.0 Å². The Morgan fingerprint density at radius 1 is 0.806 bits per heavy atom. The molecule has 2 aliphatic heterocycles. The SMILES string of the molecule is [2H][C@@]1(C)O[C@@H](O[C@@H]2[C@@H](OC)[C@H](OC)O[C@@H]2CO)[C@H](OC(C)=O)[C@H](OC(C)=O)[C@H]1OC(C)=O. The second-order valence-electron chi connectivity index (χ2n) is 7.04. The minimum Gasteiger partial charge on any atom is -0.456 e. The number of carbonyl (C=O) groups is 3. The topological polar surface area (TPSA) is 145 Å². The van der Waals surface area contributed by atoms with Crippen LogP contribution in [0.15, 0.2) is 0 Å². The van der Waals surface area contributed by atoms with E-state index in [1.165, 1.54) is 21.1 Å². The Labute approximate surface area is 181 Å². The van der Waals surface area contributed by atoms with Gasteiger partial charge in [-0.15, -0.1) is 0 Å². The van der Waals surface area contributed by atoms with Gasteiger partial charge in [-0.1, -0.05) is 0 Å². The number of esters is 3. The minimum atomic E-state index is -1.97. The predicted octanol–water partition coefficient (Wildman–Crippen LogP) is -0.710. The Balaban J connectivity index is 2.43. The highest BCUT2D eigenvalue weighted by molar-refractivity contribution is 5.68. The molecule has 0 unspecified atom stereocenters. The molecule has 9 atom stereocenters. The van der Waals surface area contributed by atoms with E-state index in [0.29, 0.717) is 0 Å². The number of aliphatic hydroxyl groups excluding tert-OH is 1. The first-order chi connectivity index (χ1) is 14.9. The molecule has 0 aromatic rings. The first kappa shape index (κ1) is 23.8. The van der Waals surface area contributed by atoms with Gasteiger partial charge in [0.2, 0.25) is 0 Å². The van der Waals surface area contributed by atoms with Gasteiger partial charge in [0.1, 0.15) is 18.3 Å². The quantitative estimate of drug-likeness (QED) is 0.367. The van der Waals surface area contributed by atoms with Gasteiger partial charge in [-0.2, -0.15) is 0 Å². The summed E-state index contributed by atoms with van der Waals surface area (Å²) in [5.41, 5.74) is 0. The standard InChI is InChI=1S/C19H30O12/c1-8-13(27-9(2)21)15(28-10(3)22)17(29-11(4)23)19(26-8)31-14-12(7-20)30-18(25-6)16(14)24-5/h8,12-20H,7H2,1-6H3/t8-,12+,13-,14-,15+,16+,17+,18+,19-/m0/s1/i8D. The van der Waals surface area contributed by atoms with Crippen molar-refractivity contribution in [3.63, 3.8) is 0 Å². The fraction of sp³-hybridized carbons (Fsp3) is 0.842. The van der Waals surface area contributed by atoms with Crippen molar-refractivity contribution in [1.82, 2.24) is 0 Å². The fourth-order valence-electron chi connectivity index (χ4n) is 3.54. The summed E-state index contributed by atoms with van der Waals surface area (Å²) in [5, 5.41) is 9.71. The van der Waals surface area contributed by atoms with E-state index in [1.807, 2.05) is 0 Å². The lowest BCUT2D eigenvalue weighted by Crippen LogP contribution is -2.62. The van der Waals surface area contributed by atoms with Crippen LogP contribution in [0, 0.1) is 0 Å². The molecule has 0 amide bonds. The van der Waals surface area contributed by atoms with Crippen LogP contribution in [0.25, 0.3) is 0 Å². The molecular formula is C19H30O12. The van der Waals surface area contributed by atoms with E-state index in [-0.39, 0.29) is 0 Å². The van der Waals surface area contributed by atoms with Crippen LogP contribution in [0.4, 0.5) is 0 Å². The summed E-state index contributed by atoms with van der Waals surface area (Å²) in [6, 6.07) is 0. The summed E-state index contributed by atoms with van der Waals surface area (Å²) in [6.07, 6.45) is -11.3. The zero-order valence-electron chi connectivity index (χ0n) is 19.3. The maximum Gasteiger partial charge on any atom is 0.303 e. The highest BCUT2D eigenvalue weighted by atomic mass is 16.8. The molecule has 1 N–H and O–H groups in total. The van der Waals surface area contributed by atoms with Crippen molar-refractivity contribution in [3.05, 3.63) is 0 Å². The van der Waals surface area contributed by atoms with Crippen LogP contribution in [0.1, 0.15) is 29.1 Å². The Morgan fingerprint density at radius 3 is 1.84 bits per heavy atom. The van der Waals surface area contributed by atoms with Crippen LogP contribution in [-0.4, -0.2) is 99.1 Å². The molecule has 2 heterocycles. The molecule has 0 aliphatic carbocycles. The third kappa shape index (κ3) is 6.11. The van der Waals surface area contributed by atoms with Gasteiger partial charge in [-0.05, 0) is 6.92 Å². The van der Waals surface area contributed by atoms with E-state index in [4.69, 9.17) is 39.3 Å². The van der Waals surface area contributed by atoms with Crippen LogP contribution in [0.3, 0.4) is 0 Å².